The second-order valence-corrected chi connectivity index (χ2v) is 9.15. The highest BCUT2D eigenvalue weighted by atomic mass is 16.7. The summed E-state index contributed by atoms with van der Waals surface area (Å²) in [5.74, 6) is 1.32. The maximum atomic E-state index is 12.2. The van der Waals surface area contributed by atoms with E-state index in [-0.39, 0.29) is 30.2 Å². The molecule has 5 rings (SSSR count). The summed E-state index contributed by atoms with van der Waals surface area (Å²) in [6.07, 6.45) is 4.94. The fraction of sp³-hybridized carbons (Fsp3) is 0.667. The number of nitrogens with zero attached hydrogens (tertiary/aromatic N) is 4. The van der Waals surface area contributed by atoms with E-state index in [9.17, 15) is 4.79 Å². The number of ether oxygens (including phenoxy) is 4. The summed E-state index contributed by atoms with van der Waals surface area (Å²) in [7, 11) is 1.85. The highest BCUT2D eigenvalue weighted by molar-refractivity contribution is 5.77. The number of carbonyl (C=O) groups is 1. The van der Waals surface area contributed by atoms with Gasteiger partial charge in [0.25, 0.3) is 0 Å². The Hall–Kier alpha value is -2.52. The SMILES string of the molecule is CCOC(=O)C1C2CC[C@@H](Oc3ccc(-c4nnn(C)c4COC4CCCCO4)nc3C)C21. The van der Waals surface area contributed by atoms with Crippen LogP contribution in [-0.2, 0) is 32.7 Å². The van der Waals surface area contributed by atoms with Gasteiger partial charge in [0.2, 0.25) is 0 Å². The number of aromatic nitrogens is 4. The fourth-order valence-corrected chi connectivity index (χ4v) is 5.26. The summed E-state index contributed by atoms with van der Waals surface area (Å²) in [6, 6.07) is 3.85. The number of pyridine rings is 1. The average molecular weight is 457 g/mol. The molecule has 0 N–H and O–H groups in total. The zero-order chi connectivity index (χ0) is 22.9. The summed E-state index contributed by atoms with van der Waals surface area (Å²) in [5, 5.41) is 8.50. The molecule has 1 saturated heterocycles. The molecular formula is C24H32N4O5. The first-order valence-electron chi connectivity index (χ1n) is 12.0. The number of rotatable bonds is 8. The van der Waals surface area contributed by atoms with Crippen molar-refractivity contribution in [2.75, 3.05) is 13.2 Å². The molecule has 0 spiro atoms. The molecule has 2 saturated carbocycles. The Morgan fingerprint density at radius 2 is 2.12 bits per heavy atom. The number of carbonyl (C=O) groups excluding carboxylic acids is 1. The molecule has 2 aromatic rings. The first-order chi connectivity index (χ1) is 16.1. The smallest absolute Gasteiger partial charge is 0.309 e. The molecule has 2 aromatic heterocycles. The summed E-state index contributed by atoms with van der Waals surface area (Å²) in [6.45, 7) is 5.31. The van der Waals surface area contributed by atoms with Crippen LogP contribution < -0.4 is 4.74 Å². The molecule has 33 heavy (non-hydrogen) atoms. The van der Waals surface area contributed by atoms with Crippen LogP contribution in [0.5, 0.6) is 5.75 Å². The van der Waals surface area contributed by atoms with Crippen molar-refractivity contribution in [3.8, 4) is 17.1 Å². The molecule has 178 valence electrons. The Bertz CT molecular complexity index is 1000. The molecule has 0 bridgehead atoms. The second-order valence-electron chi connectivity index (χ2n) is 9.15. The van der Waals surface area contributed by atoms with Gasteiger partial charge in [-0.05, 0) is 64.0 Å². The van der Waals surface area contributed by atoms with Crippen LogP contribution >= 0.6 is 0 Å². The third kappa shape index (κ3) is 4.48. The Morgan fingerprint density at radius 3 is 2.88 bits per heavy atom. The van der Waals surface area contributed by atoms with E-state index in [0.29, 0.717) is 24.8 Å². The minimum Gasteiger partial charge on any atom is -0.488 e. The fourth-order valence-electron chi connectivity index (χ4n) is 5.26. The Balaban J connectivity index is 1.26. The quantitative estimate of drug-likeness (QED) is 0.559. The number of fused-ring (bicyclic) bond motifs is 1. The molecular weight excluding hydrogens is 424 g/mol. The van der Waals surface area contributed by atoms with Gasteiger partial charge in [-0.1, -0.05) is 5.21 Å². The predicted octanol–water partition coefficient (Wildman–Crippen LogP) is 3.20. The van der Waals surface area contributed by atoms with E-state index in [2.05, 4.69) is 10.3 Å². The van der Waals surface area contributed by atoms with Gasteiger partial charge in [0.05, 0.1) is 36.2 Å². The summed E-state index contributed by atoms with van der Waals surface area (Å²) >= 11 is 0. The van der Waals surface area contributed by atoms with E-state index in [4.69, 9.17) is 23.9 Å². The van der Waals surface area contributed by atoms with Crippen LogP contribution in [0.1, 0.15) is 50.4 Å². The maximum Gasteiger partial charge on any atom is 0.309 e. The minimum absolute atomic E-state index is 0.00784. The van der Waals surface area contributed by atoms with Gasteiger partial charge in [-0.25, -0.2) is 9.67 Å². The van der Waals surface area contributed by atoms with Gasteiger partial charge >= 0.3 is 5.97 Å². The second kappa shape index (κ2) is 9.38. The number of aryl methyl sites for hydroxylation is 2. The standard InChI is InChI=1S/C24H32N4O5/c1-4-30-24(29)22-15-8-10-19(21(15)22)33-18-11-9-16(25-14(18)2)23-17(28(3)27-26-23)13-32-20-7-5-6-12-31-20/h9,11,15,19-22H,4-8,10,12-13H2,1-3H3/t15?,19-,20?,21?,22?/m1/s1. The van der Waals surface area contributed by atoms with Crippen LogP contribution in [0.15, 0.2) is 12.1 Å². The number of hydrogen-bond acceptors (Lipinski definition) is 8. The Kier molecular flexibility index (Phi) is 6.34. The van der Waals surface area contributed by atoms with Gasteiger partial charge in [0.1, 0.15) is 17.5 Å². The van der Waals surface area contributed by atoms with Crippen LogP contribution in [0, 0.1) is 24.7 Å². The number of esters is 1. The van der Waals surface area contributed by atoms with E-state index in [1.807, 2.05) is 33.0 Å². The van der Waals surface area contributed by atoms with Gasteiger partial charge < -0.3 is 18.9 Å². The molecule has 1 aliphatic heterocycles. The van der Waals surface area contributed by atoms with Crippen molar-refractivity contribution in [2.24, 2.45) is 24.8 Å². The van der Waals surface area contributed by atoms with Gasteiger partial charge in [-0.2, -0.15) is 0 Å². The Morgan fingerprint density at radius 1 is 1.24 bits per heavy atom. The normalized spacial score (nSPS) is 28.4. The first-order valence-corrected chi connectivity index (χ1v) is 12.0. The lowest BCUT2D eigenvalue weighted by Gasteiger charge is -2.22. The van der Waals surface area contributed by atoms with Crippen LogP contribution in [0.4, 0.5) is 0 Å². The maximum absolute atomic E-state index is 12.2. The minimum atomic E-state index is -0.178. The molecule has 9 heteroatoms. The van der Waals surface area contributed by atoms with Crippen molar-refractivity contribution in [3.63, 3.8) is 0 Å². The molecule has 3 heterocycles. The largest absolute Gasteiger partial charge is 0.488 e. The van der Waals surface area contributed by atoms with Crippen molar-refractivity contribution in [3.05, 3.63) is 23.5 Å². The first kappa shape index (κ1) is 22.3. The van der Waals surface area contributed by atoms with Crippen LogP contribution in [0.2, 0.25) is 0 Å². The summed E-state index contributed by atoms with van der Waals surface area (Å²) in [4.78, 5) is 16.9. The predicted molar refractivity (Wildman–Crippen MR) is 118 cm³/mol. The van der Waals surface area contributed by atoms with E-state index in [1.54, 1.807) is 4.68 Å². The van der Waals surface area contributed by atoms with Crippen molar-refractivity contribution >= 4 is 5.97 Å². The highest BCUT2D eigenvalue weighted by Crippen LogP contribution is 2.59. The van der Waals surface area contributed by atoms with Crippen molar-refractivity contribution in [1.29, 1.82) is 0 Å². The zero-order valence-corrected chi connectivity index (χ0v) is 19.5. The molecule has 9 nitrogen and oxygen atoms in total. The van der Waals surface area contributed by atoms with Crippen molar-refractivity contribution < 1.29 is 23.7 Å². The van der Waals surface area contributed by atoms with Crippen LogP contribution in [0.25, 0.3) is 11.4 Å². The molecule has 4 unspecified atom stereocenters. The van der Waals surface area contributed by atoms with E-state index >= 15 is 0 Å². The van der Waals surface area contributed by atoms with Crippen LogP contribution in [0.3, 0.4) is 0 Å². The monoisotopic (exact) mass is 456 g/mol. The number of hydrogen-bond donors (Lipinski definition) is 0. The van der Waals surface area contributed by atoms with E-state index < -0.39 is 0 Å². The van der Waals surface area contributed by atoms with Crippen LogP contribution in [-0.4, -0.2) is 51.6 Å². The molecule has 0 radical (unpaired) electrons. The lowest BCUT2D eigenvalue weighted by atomic mass is 10.1. The van der Waals surface area contributed by atoms with Gasteiger partial charge in [0, 0.05) is 19.6 Å². The van der Waals surface area contributed by atoms with Crippen molar-refractivity contribution in [1.82, 2.24) is 20.0 Å². The Labute approximate surface area is 193 Å². The third-order valence-electron chi connectivity index (χ3n) is 7.05. The topological polar surface area (TPSA) is 97.6 Å². The molecule has 0 amide bonds. The lowest BCUT2D eigenvalue weighted by Crippen LogP contribution is -2.22. The molecule has 5 atom stereocenters. The van der Waals surface area contributed by atoms with Gasteiger partial charge in [0.15, 0.2) is 6.29 Å². The zero-order valence-electron chi connectivity index (χ0n) is 19.5. The highest BCUT2D eigenvalue weighted by Gasteiger charge is 2.63. The summed E-state index contributed by atoms with van der Waals surface area (Å²) < 4.78 is 24.9. The average Bonchev–Trinajstić information content (AvgIpc) is 3.22. The molecule has 2 aliphatic carbocycles. The van der Waals surface area contributed by atoms with Crippen molar-refractivity contribution in [2.45, 2.75) is 65.0 Å². The molecule has 0 aromatic carbocycles. The molecule has 3 fully saturated rings. The lowest BCUT2D eigenvalue weighted by molar-refractivity contribution is -0.169. The van der Waals surface area contributed by atoms with E-state index in [1.165, 1.54) is 0 Å². The molecule has 3 aliphatic rings. The van der Waals surface area contributed by atoms with Gasteiger partial charge in [-0.3, -0.25) is 4.79 Å². The van der Waals surface area contributed by atoms with E-state index in [0.717, 1.165) is 61.5 Å². The third-order valence-corrected chi connectivity index (χ3v) is 7.05. The van der Waals surface area contributed by atoms with Gasteiger partial charge in [-0.15, -0.1) is 5.10 Å². The summed E-state index contributed by atoms with van der Waals surface area (Å²) in [5.41, 5.74) is 3.08.